The van der Waals surface area contributed by atoms with Crippen LogP contribution in [-0.2, 0) is 0 Å². The number of nitriles is 2. The van der Waals surface area contributed by atoms with Gasteiger partial charge in [-0.05, 0) is 91.6 Å². The Kier molecular flexibility index (Phi) is 8.17. The molecule has 0 saturated heterocycles. The van der Waals surface area contributed by atoms with Crippen molar-refractivity contribution in [3.05, 3.63) is 181 Å². The van der Waals surface area contributed by atoms with Gasteiger partial charge in [0, 0.05) is 0 Å². The SMILES string of the molecule is N#Cc1c(C#N)c(Oc2ccc3ccccc3c2)c(Oc2ccc3ccccc3c2)c(Oc2ccc3ccccc3c2)c1Oc1ccc2ccccc2c1. The molecule has 0 aromatic heterocycles. The molecule has 54 heavy (non-hydrogen) atoms. The number of hydrogen-bond donors (Lipinski definition) is 0. The van der Waals surface area contributed by atoms with E-state index in [2.05, 4.69) is 12.1 Å². The van der Waals surface area contributed by atoms with Crippen molar-refractivity contribution in [3.63, 3.8) is 0 Å². The Bertz CT molecular complexity index is 2790. The van der Waals surface area contributed by atoms with Crippen molar-refractivity contribution in [2.24, 2.45) is 0 Å². The van der Waals surface area contributed by atoms with Crippen LogP contribution in [0.25, 0.3) is 43.1 Å². The summed E-state index contributed by atoms with van der Waals surface area (Å²) in [4.78, 5) is 0. The zero-order chi connectivity index (χ0) is 36.4. The van der Waals surface area contributed by atoms with Crippen molar-refractivity contribution in [2.75, 3.05) is 0 Å². The van der Waals surface area contributed by atoms with Gasteiger partial charge in [-0.25, -0.2) is 0 Å². The van der Waals surface area contributed by atoms with Gasteiger partial charge in [0.1, 0.15) is 46.3 Å². The van der Waals surface area contributed by atoms with E-state index in [0.29, 0.717) is 23.0 Å². The molecule has 0 spiro atoms. The molecule has 0 N–H and O–H groups in total. The molecule has 9 aromatic carbocycles. The van der Waals surface area contributed by atoms with Crippen molar-refractivity contribution in [3.8, 4) is 58.1 Å². The molecular weight excluding hydrogens is 669 g/mol. The van der Waals surface area contributed by atoms with Gasteiger partial charge in [0.05, 0.1) is 0 Å². The maximum atomic E-state index is 10.8. The predicted molar refractivity (Wildman–Crippen MR) is 212 cm³/mol. The zero-order valence-electron chi connectivity index (χ0n) is 28.7. The molecule has 0 saturated carbocycles. The van der Waals surface area contributed by atoms with E-state index in [1.54, 1.807) is 0 Å². The Balaban J connectivity index is 1.30. The Hall–Kier alpha value is -7.80. The summed E-state index contributed by atoms with van der Waals surface area (Å²) in [5.41, 5.74) is -0.133. The molecule has 0 bridgehead atoms. The summed E-state index contributed by atoms with van der Waals surface area (Å²) < 4.78 is 26.8. The molecule has 254 valence electrons. The largest absolute Gasteiger partial charge is 0.452 e. The monoisotopic (exact) mass is 696 g/mol. The van der Waals surface area contributed by atoms with Crippen LogP contribution in [0.4, 0.5) is 0 Å². The fraction of sp³-hybridized carbons (Fsp3) is 0. The van der Waals surface area contributed by atoms with E-state index in [-0.39, 0.29) is 34.1 Å². The van der Waals surface area contributed by atoms with E-state index < -0.39 is 0 Å². The maximum absolute atomic E-state index is 10.8. The molecule has 9 aromatic rings. The van der Waals surface area contributed by atoms with E-state index in [9.17, 15) is 10.5 Å². The molecule has 0 unspecified atom stereocenters. The van der Waals surface area contributed by atoms with Crippen LogP contribution >= 0.6 is 0 Å². The van der Waals surface area contributed by atoms with Crippen LogP contribution in [0.5, 0.6) is 46.0 Å². The van der Waals surface area contributed by atoms with Crippen LogP contribution in [0.3, 0.4) is 0 Å². The minimum absolute atomic E-state index is 0.0131. The van der Waals surface area contributed by atoms with Gasteiger partial charge in [0.2, 0.25) is 11.5 Å². The molecule has 6 heteroatoms. The number of hydrogen-bond acceptors (Lipinski definition) is 6. The third kappa shape index (κ3) is 6.11. The average Bonchev–Trinajstić information content (AvgIpc) is 3.22. The van der Waals surface area contributed by atoms with Gasteiger partial charge in [0.15, 0.2) is 11.5 Å². The first-order valence-electron chi connectivity index (χ1n) is 17.3. The third-order valence-electron chi connectivity index (χ3n) is 9.31. The van der Waals surface area contributed by atoms with Gasteiger partial charge >= 0.3 is 0 Å². The molecule has 0 fully saturated rings. The first-order chi connectivity index (χ1) is 26.6. The molecule has 0 aliphatic carbocycles. The van der Waals surface area contributed by atoms with Gasteiger partial charge in [-0.15, -0.1) is 0 Å². The van der Waals surface area contributed by atoms with Gasteiger partial charge in [-0.3, -0.25) is 0 Å². The molecule has 0 heterocycles. The lowest BCUT2D eigenvalue weighted by Gasteiger charge is -2.22. The summed E-state index contributed by atoms with van der Waals surface area (Å²) >= 11 is 0. The molecule has 9 rings (SSSR count). The van der Waals surface area contributed by atoms with Crippen LogP contribution < -0.4 is 18.9 Å². The van der Waals surface area contributed by atoms with Gasteiger partial charge in [-0.2, -0.15) is 10.5 Å². The molecular formula is C48H28N2O4. The maximum Gasteiger partial charge on any atom is 0.217 e. The number of nitrogens with zero attached hydrogens (tertiary/aromatic N) is 2. The first kappa shape index (κ1) is 32.1. The van der Waals surface area contributed by atoms with Crippen LogP contribution in [-0.4, -0.2) is 0 Å². The molecule has 0 atom stereocenters. The Morgan fingerprint density at radius 2 is 0.519 bits per heavy atom. The fourth-order valence-electron chi connectivity index (χ4n) is 6.65. The van der Waals surface area contributed by atoms with Gasteiger partial charge < -0.3 is 18.9 Å². The standard InChI is InChI=1S/C48H28N2O4/c49-29-43-44(30-50)46(52-40-22-18-32-10-2-6-14-36(32)26-40)48(54-42-24-20-34-12-4-8-16-38(34)28-42)47(53-41-23-19-33-11-3-7-15-37(33)27-41)45(43)51-39-21-17-31-9-1-5-13-35(31)25-39/h1-28H. The second-order valence-electron chi connectivity index (χ2n) is 12.7. The normalized spacial score (nSPS) is 10.9. The summed E-state index contributed by atoms with van der Waals surface area (Å²) in [6.07, 6.45) is 0. The second kappa shape index (κ2) is 13.7. The quantitative estimate of drug-likeness (QED) is 0.157. The van der Waals surface area contributed by atoms with E-state index in [4.69, 9.17) is 18.9 Å². The number of fused-ring (bicyclic) bond motifs is 4. The Morgan fingerprint density at radius 3 is 0.778 bits per heavy atom. The first-order valence-corrected chi connectivity index (χ1v) is 17.3. The summed E-state index contributed by atoms with van der Waals surface area (Å²) in [5.74, 6) is 1.97. The molecule has 0 aliphatic heterocycles. The molecule has 6 nitrogen and oxygen atoms in total. The minimum Gasteiger partial charge on any atom is -0.452 e. The summed E-state index contributed by atoms with van der Waals surface area (Å²) in [6, 6.07) is 58.9. The topological polar surface area (TPSA) is 84.5 Å². The van der Waals surface area contributed by atoms with Gasteiger partial charge in [0.25, 0.3) is 0 Å². The molecule has 0 aliphatic rings. The van der Waals surface area contributed by atoms with Crippen LogP contribution in [0.2, 0.25) is 0 Å². The lowest BCUT2D eigenvalue weighted by molar-refractivity contribution is 0.365. The Morgan fingerprint density at radius 1 is 0.278 bits per heavy atom. The van der Waals surface area contributed by atoms with Crippen molar-refractivity contribution in [1.29, 1.82) is 10.5 Å². The lowest BCUT2D eigenvalue weighted by atomic mass is 10.0. The average molecular weight is 697 g/mol. The van der Waals surface area contributed by atoms with Crippen molar-refractivity contribution in [1.82, 2.24) is 0 Å². The molecule has 0 amide bonds. The summed E-state index contributed by atoms with van der Waals surface area (Å²) in [5, 5.41) is 29.5. The Labute approximate surface area is 310 Å². The van der Waals surface area contributed by atoms with Crippen molar-refractivity contribution < 1.29 is 18.9 Å². The highest BCUT2D eigenvalue weighted by Crippen LogP contribution is 2.55. The number of rotatable bonds is 8. The van der Waals surface area contributed by atoms with Crippen LogP contribution in [0.15, 0.2) is 170 Å². The van der Waals surface area contributed by atoms with Gasteiger partial charge in [-0.1, -0.05) is 121 Å². The predicted octanol–water partition coefficient (Wildman–Crippen LogP) is 13.2. The van der Waals surface area contributed by atoms with Crippen molar-refractivity contribution >= 4 is 43.1 Å². The highest BCUT2D eigenvalue weighted by Gasteiger charge is 2.32. The van der Waals surface area contributed by atoms with E-state index in [1.165, 1.54) is 0 Å². The lowest BCUT2D eigenvalue weighted by Crippen LogP contribution is -2.03. The summed E-state index contributed by atoms with van der Waals surface area (Å²) in [6.45, 7) is 0. The zero-order valence-corrected chi connectivity index (χ0v) is 28.7. The second-order valence-corrected chi connectivity index (χ2v) is 12.7. The highest BCUT2D eigenvalue weighted by atomic mass is 16.6. The minimum atomic E-state index is -0.0666. The van der Waals surface area contributed by atoms with E-state index in [1.807, 2.05) is 170 Å². The van der Waals surface area contributed by atoms with Crippen LogP contribution in [0, 0.1) is 22.7 Å². The van der Waals surface area contributed by atoms with Crippen LogP contribution in [0.1, 0.15) is 11.1 Å². The molecule has 0 radical (unpaired) electrons. The summed E-state index contributed by atoms with van der Waals surface area (Å²) in [7, 11) is 0. The highest BCUT2D eigenvalue weighted by molar-refractivity contribution is 5.87. The fourth-order valence-corrected chi connectivity index (χ4v) is 6.65. The van der Waals surface area contributed by atoms with E-state index in [0.717, 1.165) is 43.1 Å². The van der Waals surface area contributed by atoms with Crippen molar-refractivity contribution in [2.45, 2.75) is 0 Å². The third-order valence-corrected chi connectivity index (χ3v) is 9.31. The number of ether oxygens (including phenoxy) is 4. The number of benzene rings is 9. The van der Waals surface area contributed by atoms with E-state index >= 15 is 0 Å². The smallest absolute Gasteiger partial charge is 0.217 e.